The van der Waals surface area contributed by atoms with E-state index >= 15 is 0 Å². The van der Waals surface area contributed by atoms with E-state index in [2.05, 4.69) is 33.5 Å². The van der Waals surface area contributed by atoms with Gasteiger partial charge in [-0.1, -0.05) is 6.07 Å². The summed E-state index contributed by atoms with van der Waals surface area (Å²) in [5.74, 6) is 0.196. The monoisotopic (exact) mass is 359 g/mol. The molecule has 1 aliphatic heterocycles. The number of nitrogens with zero attached hydrogens (tertiary/aromatic N) is 3. The fourth-order valence-electron chi connectivity index (χ4n) is 3.00. The Labute approximate surface area is 153 Å². The van der Waals surface area contributed by atoms with E-state index in [0.717, 1.165) is 23.5 Å². The van der Waals surface area contributed by atoms with Crippen molar-refractivity contribution in [2.45, 2.75) is 25.9 Å². The van der Waals surface area contributed by atoms with Crippen molar-refractivity contribution in [3.63, 3.8) is 0 Å². The molecule has 1 saturated heterocycles. The fourth-order valence-corrected chi connectivity index (χ4v) is 3.71. The first kappa shape index (κ1) is 17.9. The lowest BCUT2D eigenvalue weighted by Crippen LogP contribution is -2.42. The van der Waals surface area contributed by atoms with Crippen LogP contribution in [0.1, 0.15) is 28.8 Å². The van der Waals surface area contributed by atoms with Crippen LogP contribution in [0.5, 0.6) is 0 Å². The zero-order valence-electron chi connectivity index (χ0n) is 15.1. The van der Waals surface area contributed by atoms with Gasteiger partial charge in [0.2, 0.25) is 5.91 Å². The number of carbonyl (C=O) groups is 1. The van der Waals surface area contributed by atoms with E-state index < -0.39 is 0 Å². The molecule has 1 aliphatic rings. The molecule has 0 unspecified atom stereocenters. The summed E-state index contributed by atoms with van der Waals surface area (Å²) >= 11 is 1.70. The quantitative estimate of drug-likeness (QED) is 0.823. The van der Waals surface area contributed by atoms with Gasteiger partial charge in [0.15, 0.2) is 0 Å². The summed E-state index contributed by atoms with van der Waals surface area (Å²) in [6, 6.07) is 8.22. The van der Waals surface area contributed by atoms with E-state index in [4.69, 9.17) is 4.74 Å². The summed E-state index contributed by atoms with van der Waals surface area (Å²) in [7, 11) is 4.03. The van der Waals surface area contributed by atoms with Gasteiger partial charge in [-0.2, -0.15) is 0 Å². The van der Waals surface area contributed by atoms with Crippen molar-refractivity contribution in [2.24, 2.45) is 0 Å². The van der Waals surface area contributed by atoms with Crippen LogP contribution in [-0.2, 0) is 16.0 Å². The van der Waals surface area contributed by atoms with Gasteiger partial charge in [0, 0.05) is 43.3 Å². The number of aryl methyl sites for hydroxylation is 2. The van der Waals surface area contributed by atoms with E-state index in [1.54, 1.807) is 11.3 Å². The highest BCUT2D eigenvalue weighted by Gasteiger charge is 2.26. The SMILES string of the molecule is Cc1cc(N(C)C)cc([C@@H]2CN(C(=O)CCc3cccs3)CCO2)n1. The van der Waals surface area contributed by atoms with Crippen molar-refractivity contribution in [3.8, 4) is 0 Å². The van der Waals surface area contributed by atoms with Gasteiger partial charge in [-0.15, -0.1) is 11.3 Å². The summed E-state index contributed by atoms with van der Waals surface area (Å²) in [5.41, 5.74) is 2.97. The lowest BCUT2D eigenvalue weighted by Gasteiger charge is -2.33. The third-order valence-electron chi connectivity index (χ3n) is 4.39. The summed E-state index contributed by atoms with van der Waals surface area (Å²) < 4.78 is 5.91. The molecule has 0 aromatic carbocycles. The average Bonchev–Trinajstić information content (AvgIpc) is 3.12. The van der Waals surface area contributed by atoms with Crippen molar-refractivity contribution in [1.82, 2.24) is 9.88 Å². The maximum Gasteiger partial charge on any atom is 0.223 e. The van der Waals surface area contributed by atoms with Crippen LogP contribution in [0, 0.1) is 6.92 Å². The number of pyridine rings is 1. The fraction of sp³-hybridized carbons (Fsp3) is 0.474. The van der Waals surface area contributed by atoms with Crippen molar-refractivity contribution >= 4 is 22.9 Å². The highest BCUT2D eigenvalue weighted by atomic mass is 32.1. The normalized spacial score (nSPS) is 17.6. The molecule has 1 amide bonds. The van der Waals surface area contributed by atoms with Crippen LogP contribution < -0.4 is 4.90 Å². The van der Waals surface area contributed by atoms with Gasteiger partial charge < -0.3 is 14.5 Å². The largest absolute Gasteiger partial charge is 0.378 e. The van der Waals surface area contributed by atoms with Gasteiger partial charge in [-0.3, -0.25) is 9.78 Å². The Morgan fingerprint density at radius 2 is 2.28 bits per heavy atom. The highest BCUT2D eigenvalue weighted by molar-refractivity contribution is 7.09. The highest BCUT2D eigenvalue weighted by Crippen LogP contribution is 2.25. The van der Waals surface area contributed by atoms with E-state index in [0.29, 0.717) is 26.1 Å². The number of ether oxygens (including phenoxy) is 1. The number of carbonyl (C=O) groups excluding carboxylic acids is 1. The van der Waals surface area contributed by atoms with Crippen molar-refractivity contribution in [2.75, 3.05) is 38.7 Å². The number of aromatic nitrogens is 1. The second-order valence-electron chi connectivity index (χ2n) is 6.56. The molecule has 3 rings (SSSR count). The zero-order chi connectivity index (χ0) is 17.8. The molecule has 5 nitrogen and oxygen atoms in total. The van der Waals surface area contributed by atoms with Gasteiger partial charge in [0.05, 0.1) is 18.8 Å². The summed E-state index contributed by atoms with van der Waals surface area (Å²) in [4.78, 5) is 22.4. The first-order valence-electron chi connectivity index (χ1n) is 8.60. The Kier molecular flexibility index (Phi) is 5.71. The van der Waals surface area contributed by atoms with Crippen molar-refractivity contribution < 1.29 is 9.53 Å². The van der Waals surface area contributed by atoms with Gasteiger partial charge in [0.25, 0.3) is 0 Å². The van der Waals surface area contributed by atoms with Gasteiger partial charge >= 0.3 is 0 Å². The molecule has 0 saturated carbocycles. The van der Waals surface area contributed by atoms with Crippen LogP contribution >= 0.6 is 11.3 Å². The number of thiophene rings is 1. The van der Waals surface area contributed by atoms with Gasteiger partial charge in [-0.05, 0) is 36.9 Å². The molecule has 1 fully saturated rings. The Morgan fingerprint density at radius 1 is 1.44 bits per heavy atom. The first-order valence-corrected chi connectivity index (χ1v) is 9.48. The van der Waals surface area contributed by atoms with Crippen LogP contribution in [-0.4, -0.2) is 49.6 Å². The Balaban J connectivity index is 1.65. The molecule has 0 bridgehead atoms. The number of morpholine rings is 1. The molecule has 3 heterocycles. The molecule has 1 atom stereocenters. The minimum atomic E-state index is -0.155. The lowest BCUT2D eigenvalue weighted by molar-refractivity contribution is -0.139. The Morgan fingerprint density at radius 3 is 3.00 bits per heavy atom. The van der Waals surface area contributed by atoms with Crippen LogP contribution in [0.25, 0.3) is 0 Å². The molecule has 2 aromatic heterocycles. The molecule has 0 radical (unpaired) electrons. The number of rotatable bonds is 5. The number of hydrogen-bond acceptors (Lipinski definition) is 5. The number of amides is 1. The van der Waals surface area contributed by atoms with Crippen molar-refractivity contribution in [1.29, 1.82) is 0 Å². The Hall–Kier alpha value is -1.92. The third-order valence-corrected chi connectivity index (χ3v) is 5.32. The predicted octanol–water partition coefficient (Wildman–Crippen LogP) is 3.05. The summed E-state index contributed by atoms with van der Waals surface area (Å²) in [6.07, 6.45) is 1.21. The molecule has 6 heteroatoms. The summed E-state index contributed by atoms with van der Waals surface area (Å²) in [6.45, 7) is 3.78. The maximum absolute atomic E-state index is 12.6. The molecule has 0 spiro atoms. The molecular formula is C19H25N3O2S. The second-order valence-corrected chi connectivity index (χ2v) is 7.60. The topological polar surface area (TPSA) is 45.7 Å². The van der Waals surface area contributed by atoms with Crippen molar-refractivity contribution in [3.05, 3.63) is 45.9 Å². The zero-order valence-corrected chi connectivity index (χ0v) is 15.9. The van der Waals surface area contributed by atoms with Crippen LogP contribution in [0.15, 0.2) is 29.6 Å². The second kappa shape index (κ2) is 7.97. The van der Waals surface area contributed by atoms with E-state index in [1.165, 1.54) is 4.88 Å². The third kappa shape index (κ3) is 4.58. The van der Waals surface area contributed by atoms with Gasteiger partial charge in [-0.25, -0.2) is 0 Å². The van der Waals surface area contributed by atoms with Gasteiger partial charge in [0.1, 0.15) is 6.10 Å². The minimum Gasteiger partial charge on any atom is -0.378 e. The molecule has 134 valence electrons. The summed E-state index contributed by atoms with van der Waals surface area (Å²) in [5, 5.41) is 2.05. The predicted molar refractivity (Wildman–Crippen MR) is 101 cm³/mol. The first-order chi connectivity index (χ1) is 12.0. The van der Waals surface area contributed by atoms with E-state index in [1.807, 2.05) is 32.0 Å². The van der Waals surface area contributed by atoms with Crippen LogP contribution in [0.2, 0.25) is 0 Å². The number of anilines is 1. The lowest BCUT2D eigenvalue weighted by atomic mass is 10.1. The average molecular weight is 359 g/mol. The van der Waals surface area contributed by atoms with Crippen LogP contribution in [0.3, 0.4) is 0 Å². The molecule has 0 N–H and O–H groups in total. The standard InChI is InChI=1S/C19H25N3O2S/c1-14-11-15(21(2)3)12-17(20-14)18-13-22(8-9-24-18)19(23)7-6-16-5-4-10-25-16/h4-5,10-12,18H,6-9,13H2,1-3H3/t18-/m0/s1. The maximum atomic E-state index is 12.6. The van der Waals surface area contributed by atoms with E-state index in [9.17, 15) is 4.79 Å². The number of hydrogen-bond donors (Lipinski definition) is 0. The molecular weight excluding hydrogens is 334 g/mol. The van der Waals surface area contributed by atoms with E-state index in [-0.39, 0.29) is 12.0 Å². The minimum absolute atomic E-state index is 0.155. The Bertz CT molecular complexity index is 715. The molecule has 0 aliphatic carbocycles. The smallest absolute Gasteiger partial charge is 0.223 e. The molecule has 2 aromatic rings. The molecule has 25 heavy (non-hydrogen) atoms. The van der Waals surface area contributed by atoms with Crippen LogP contribution in [0.4, 0.5) is 5.69 Å².